The summed E-state index contributed by atoms with van der Waals surface area (Å²) in [5.74, 6) is -0.569. The van der Waals surface area contributed by atoms with Gasteiger partial charge in [-0.25, -0.2) is 4.79 Å². The van der Waals surface area contributed by atoms with E-state index in [0.717, 1.165) is 11.1 Å². The Morgan fingerprint density at radius 2 is 2.11 bits per heavy atom. The fourth-order valence-corrected chi connectivity index (χ4v) is 1.95. The lowest BCUT2D eigenvalue weighted by Crippen LogP contribution is -2.20. The Morgan fingerprint density at radius 1 is 1.39 bits per heavy atom. The first kappa shape index (κ1) is 12.4. The molecule has 0 bridgehead atoms. The number of hydrogen-bond donors (Lipinski definition) is 0. The average Bonchev–Trinajstić information content (AvgIpc) is 2.34. The first-order valence-electron chi connectivity index (χ1n) is 5.81. The summed E-state index contributed by atoms with van der Waals surface area (Å²) in [5, 5.41) is 0.536. The predicted octanol–water partition coefficient (Wildman–Crippen LogP) is 2.02. The van der Waals surface area contributed by atoms with Gasteiger partial charge in [0.1, 0.15) is 5.56 Å². The van der Waals surface area contributed by atoms with Crippen molar-refractivity contribution in [3.8, 4) is 0 Å². The van der Waals surface area contributed by atoms with Crippen molar-refractivity contribution < 1.29 is 9.53 Å². The van der Waals surface area contributed by atoms with E-state index in [-0.39, 0.29) is 17.6 Å². The highest BCUT2D eigenvalue weighted by Gasteiger charge is 2.15. The molecule has 0 aliphatic carbocycles. The van der Waals surface area contributed by atoms with Crippen molar-refractivity contribution in [2.75, 3.05) is 6.61 Å². The van der Waals surface area contributed by atoms with E-state index in [1.165, 1.54) is 6.20 Å². The Balaban J connectivity index is 2.73. The van der Waals surface area contributed by atoms with Crippen molar-refractivity contribution >= 4 is 16.9 Å². The van der Waals surface area contributed by atoms with Gasteiger partial charge in [0.15, 0.2) is 0 Å². The quantitative estimate of drug-likeness (QED) is 0.760. The number of carbonyl (C=O) groups is 1. The van der Waals surface area contributed by atoms with Crippen LogP contribution in [0.25, 0.3) is 10.9 Å². The molecule has 0 radical (unpaired) electrons. The van der Waals surface area contributed by atoms with Crippen LogP contribution in [-0.4, -0.2) is 17.1 Å². The molecular formula is C14H15NO3. The van der Waals surface area contributed by atoms with Gasteiger partial charge in [-0.2, -0.15) is 0 Å². The van der Waals surface area contributed by atoms with Crippen molar-refractivity contribution in [3.05, 3.63) is 45.7 Å². The normalized spacial score (nSPS) is 10.6. The second-order valence-corrected chi connectivity index (χ2v) is 4.22. The zero-order valence-corrected chi connectivity index (χ0v) is 10.7. The summed E-state index contributed by atoms with van der Waals surface area (Å²) >= 11 is 0. The molecule has 18 heavy (non-hydrogen) atoms. The molecule has 2 rings (SSSR count). The standard InChI is InChI=1S/C14H15NO3/c1-4-18-14(17)11-8-15(3)12-7-9(2)5-6-10(12)13(11)16/h5-8H,4H2,1-3H3. The summed E-state index contributed by atoms with van der Waals surface area (Å²) in [7, 11) is 1.81. The van der Waals surface area contributed by atoms with Crippen LogP contribution in [0.15, 0.2) is 29.2 Å². The Kier molecular flexibility index (Phi) is 3.19. The summed E-state index contributed by atoms with van der Waals surface area (Å²) in [4.78, 5) is 23.9. The summed E-state index contributed by atoms with van der Waals surface area (Å²) in [6, 6.07) is 5.53. The first-order chi connectivity index (χ1) is 8.54. The van der Waals surface area contributed by atoms with Crippen LogP contribution >= 0.6 is 0 Å². The molecule has 0 saturated heterocycles. The van der Waals surface area contributed by atoms with E-state index >= 15 is 0 Å². The van der Waals surface area contributed by atoms with E-state index < -0.39 is 5.97 Å². The molecule has 0 aliphatic rings. The molecule has 0 saturated carbocycles. The van der Waals surface area contributed by atoms with E-state index in [1.807, 2.05) is 26.1 Å². The highest BCUT2D eigenvalue weighted by Crippen LogP contribution is 2.13. The lowest BCUT2D eigenvalue weighted by molar-refractivity contribution is 0.0524. The predicted molar refractivity (Wildman–Crippen MR) is 69.9 cm³/mol. The number of aromatic nitrogens is 1. The largest absolute Gasteiger partial charge is 0.462 e. The average molecular weight is 245 g/mol. The number of hydrogen-bond acceptors (Lipinski definition) is 3. The van der Waals surface area contributed by atoms with Crippen LogP contribution < -0.4 is 5.43 Å². The van der Waals surface area contributed by atoms with Gasteiger partial charge >= 0.3 is 5.97 Å². The minimum atomic E-state index is -0.569. The van der Waals surface area contributed by atoms with Crippen LogP contribution in [0.3, 0.4) is 0 Å². The van der Waals surface area contributed by atoms with E-state index in [2.05, 4.69) is 0 Å². The Morgan fingerprint density at radius 3 is 2.78 bits per heavy atom. The lowest BCUT2D eigenvalue weighted by Gasteiger charge is -2.09. The van der Waals surface area contributed by atoms with Crippen LogP contribution in [0.4, 0.5) is 0 Å². The Bertz CT molecular complexity index is 671. The molecule has 0 amide bonds. The number of rotatable bonds is 2. The SMILES string of the molecule is CCOC(=O)c1cn(C)c2cc(C)ccc2c1=O. The molecular weight excluding hydrogens is 230 g/mol. The van der Waals surface area contributed by atoms with Crippen molar-refractivity contribution in [2.24, 2.45) is 7.05 Å². The van der Waals surface area contributed by atoms with Crippen molar-refractivity contribution in [1.82, 2.24) is 4.57 Å². The van der Waals surface area contributed by atoms with Crippen LogP contribution in [0.1, 0.15) is 22.8 Å². The van der Waals surface area contributed by atoms with E-state index in [0.29, 0.717) is 5.39 Å². The number of benzene rings is 1. The summed E-state index contributed by atoms with van der Waals surface area (Å²) in [5.41, 5.74) is 1.69. The highest BCUT2D eigenvalue weighted by molar-refractivity contribution is 5.93. The minimum Gasteiger partial charge on any atom is -0.462 e. The van der Waals surface area contributed by atoms with Gasteiger partial charge in [-0.15, -0.1) is 0 Å². The highest BCUT2D eigenvalue weighted by atomic mass is 16.5. The van der Waals surface area contributed by atoms with E-state index in [9.17, 15) is 9.59 Å². The molecule has 1 aromatic carbocycles. The fourth-order valence-electron chi connectivity index (χ4n) is 1.95. The van der Waals surface area contributed by atoms with Gasteiger partial charge in [0.2, 0.25) is 5.43 Å². The number of carbonyl (C=O) groups excluding carboxylic acids is 1. The van der Waals surface area contributed by atoms with Gasteiger partial charge in [0.25, 0.3) is 0 Å². The first-order valence-corrected chi connectivity index (χ1v) is 5.81. The molecule has 1 aromatic heterocycles. The fraction of sp³-hybridized carbons (Fsp3) is 0.286. The third-order valence-electron chi connectivity index (χ3n) is 2.84. The number of aryl methyl sites for hydroxylation is 2. The molecule has 0 spiro atoms. The summed E-state index contributed by atoms with van der Waals surface area (Å²) in [6.45, 7) is 3.93. The van der Waals surface area contributed by atoms with E-state index in [1.54, 1.807) is 17.6 Å². The van der Waals surface area contributed by atoms with E-state index in [4.69, 9.17) is 4.74 Å². The second kappa shape index (κ2) is 4.64. The Labute approximate surface area is 105 Å². The smallest absolute Gasteiger partial charge is 0.343 e. The third kappa shape index (κ3) is 2.01. The molecule has 1 heterocycles. The van der Waals surface area contributed by atoms with Gasteiger partial charge in [-0.3, -0.25) is 4.79 Å². The third-order valence-corrected chi connectivity index (χ3v) is 2.84. The molecule has 0 unspecified atom stereocenters. The van der Waals surface area contributed by atoms with Crippen molar-refractivity contribution in [3.63, 3.8) is 0 Å². The molecule has 0 atom stereocenters. The molecule has 0 fully saturated rings. The number of fused-ring (bicyclic) bond motifs is 1. The van der Waals surface area contributed by atoms with Gasteiger partial charge in [0.05, 0.1) is 12.1 Å². The zero-order chi connectivity index (χ0) is 13.3. The topological polar surface area (TPSA) is 48.3 Å². The number of esters is 1. The molecule has 0 N–H and O–H groups in total. The van der Waals surface area contributed by atoms with Crippen LogP contribution in [0, 0.1) is 6.92 Å². The molecule has 94 valence electrons. The van der Waals surface area contributed by atoms with Crippen LogP contribution in [0.2, 0.25) is 0 Å². The Hall–Kier alpha value is -2.10. The number of pyridine rings is 1. The molecule has 4 nitrogen and oxygen atoms in total. The summed E-state index contributed by atoms with van der Waals surface area (Å²) < 4.78 is 6.66. The maximum Gasteiger partial charge on any atom is 0.343 e. The summed E-state index contributed by atoms with van der Waals surface area (Å²) in [6.07, 6.45) is 1.53. The maximum absolute atomic E-state index is 12.2. The van der Waals surface area contributed by atoms with Gasteiger partial charge in [0, 0.05) is 18.6 Å². The van der Waals surface area contributed by atoms with Crippen molar-refractivity contribution in [1.29, 1.82) is 0 Å². The zero-order valence-electron chi connectivity index (χ0n) is 10.7. The van der Waals surface area contributed by atoms with Gasteiger partial charge < -0.3 is 9.30 Å². The van der Waals surface area contributed by atoms with Crippen molar-refractivity contribution in [2.45, 2.75) is 13.8 Å². The molecule has 4 heteroatoms. The van der Waals surface area contributed by atoms with Gasteiger partial charge in [-0.1, -0.05) is 6.07 Å². The van der Waals surface area contributed by atoms with Crippen LogP contribution in [0.5, 0.6) is 0 Å². The van der Waals surface area contributed by atoms with Gasteiger partial charge in [-0.05, 0) is 31.5 Å². The maximum atomic E-state index is 12.2. The molecule has 2 aromatic rings. The lowest BCUT2D eigenvalue weighted by atomic mass is 10.1. The minimum absolute atomic E-state index is 0.0794. The monoisotopic (exact) mass is 245 g/mol. The number of ether oxygens (including phenoxy) is 1. The van der Waals surface area contributed by atoms with Crippen LogP contribution in [-0.2, 0) is 11.8 Å². The second-order valence-electron chi connectivity index (χ2n) is 4.22. The molecule has 0 aliphatic heterocycles. The number of nitrogens with zero attached hydrogens (tertiary/aromatic N) is 1.